The van der Waals surface area contributed by atoms with Gasteiger partial charge in [0.25, 0.3) is 0 Å². The van der Waals surface area contributed by atoms with Crippen LogP contribution in [0.3, 0.4) is 0 Å². The molecule has 0 spiro atoms. The standard InChI is InChI=1S/C19H31N7O/c1-14-17(21-13-20-14)11-26-7-3-4-15(10-26)19-23-22-18(24(19)2)12-25-8-5-16(27)6-9-25/h13,15-16,27H,3-12H2,1-2H3,(H,20,21). The summed E-state index contributed by atoms with van der Waals surface area (Å²) in [6.45, 7) is 7.79. The fraction of sp³-hybridized carbons (Fsp3) is 0.737. The van der Waals surface area contributed by atoms with Gasteiger partial charge < -0.3 is 14.7 Å². The summed E-state index contributed by atoms with van der Waals surface area (Å²) in [6, 6.07) is 0. The van der Waals surface area contributed by atoms with Gasteiger partial charge in [-0.15, -0.1) is 10.2 Å². The molecule has 2 aromatic heterocycles. The number of piperidine rings is 2. The predicted octanol–water partition coefficient (Wildman–Crippen LogP) is 1.18. The monoisotopic (exact) mass is 373 g/mol. The maximum Gasteiger partial charge on any atom is 0.146 e. The van der Waals surface area contributed by atoms with Crippen LogP contribution in [0.25, 0.3) is 0 Å². The quantitative estimate of drug-likeness (QED) is 0.819. The Balaban J connectivity index is 1.39. The van der Waals surface area contributed by atoms with Gasteiger partial charge in [0.15, 0.2) is 0 Å². The lowest BCUT2D eigenvalue weighted by molar-refractivity contribution is 0.0775. The predicted molar refractivity (Wildman–Crippen MR) is 102 cm³/mol. The number of rotatable bonds is 5. The maximum atomic E-state index is 9.68. The molecule has 4 rings (SSSR count). The van der Waals surface area contributed by atoms with Crippen LogP contribution >= 0.6 is 0 Å². The highest BCUT2D eigenvalue weighted by molar-refractivity contribution is 5.10. The van der Waals surface area contributed by atoms with Crippen molar-refractivity contribution in [3.8, 4) is 0 Å². The van der Waals surface area contributed by atoms with E-state index in [0.717, 1.165) is 81.6 Å². The highest BCUT2D eigenvalue weighted by Gasteiger charge is 2.27. The molecular weight excluding hydrogens is 342 g/mol. The Morgan fingerprint density at radius 1 is 1.11 bits per heavy atom. The third-order valence-electron chi connectivity index (χ3n) is 6.10. The highest BCUT2D eigenvalue weighted by Crippen LogP contribution is 2.27. The molecule has 8 nitrogen and oxygen atoms in total. The Bertz CT molecular complexity index is 747. The largest absolute Gasteiger partial charge is 0.393 e. The van der Waals surface area contributed by atoms with E-state index in [0.29, 0.717) is 5.92 Å². The minimum Gasteiger partial charge on any atom is -0.393 e. The molecule has 2 aromatic rings. The van der Waals surface area contributed by atoms with Gasteiger partial charge in [-0.1, -0.05) is 0 Å². The van der Waals surface area contributed by atoms with Crippen LogP contribution in [0.15, 0.2) is 6.33 Å². The molecule has 0 saturated carbocycles. The van der Waals surface area contributed by atoms with Crippen LogP contribution in [-0.4, -0.2) is 71.9 Å². The fourth-order valence-corrected chi connectivity index (χ4v) is 4.31. The molecule has 0 radical (unpaired) electrons. The van der Waals surface area contributed by atoms with Crippen LogP contribution in [-0.2, 0) is 20.1 Å². The molecule has 2 saturated heterocycles. The summed E-state index contributed by atoms with van der Waals surface area (Å²) < 4.78 is 2.19. The molecular formula is C19H31N7O. The Morgan fingerprint density at radius 2 is 1.93 bits per heavy atom. The first-order valence-corrected chi connectivity index (χ1v) is 10.1. The van der Waals surface area contributed by atoms with Gasteiger partial charge in [0.1, 0.15) is 11.6 Å². The number of aromatic amines is 1. The summed E-state index contributed by atoms with van der Waals surface area (Å²) in [5.74, 6) is 2.56. The van der Waals surface area contributed by atoms with E-state index in [1.54, 1.807) is 6.33 Å². The van der Waals surface area contributed by atoms with Crippen molar-refractivity contribution in [3.63, 3.8) is 0 Å². The normalized spacial score (nSPS) is 23.1. The second kappa shape index (κ2) is 8.08. The lowest BCUT2D eigenvalue weighted by Crippen LogP contribution is -2.36. The summed E-state index contributed by atoms with van der Waals surface area (Å²) in [6.07, 6.45) is 5.70. The minimum absolute atomic E-state index is 0.136. The number of nitrogens with zero attached hydrogens (tertiary/aromatic N) is 6. The van der Waals surface area contributed by atoms with E-state index >= 15 is 0 Å². The molecule has 2 aliphatic heterocycles. The summed E-state index contributed by atoms with van der Waals surface area (Å²) in [7, 11) is 2.10. The van der Waals surface area contributed by atoms with E-state index in [1.165, 1.54) is 6.42 Å². The van der Waals surface area contributed by atoms with E-state index in [4.69, 9.17) is 0 Å². The second-order valence-corrected chi connectivity index (χ2v) is 8.09. The average Bonchev–Trinajstić information content (AvgIpc) is 3.23. The van der Waals surface area contributed by atoms with Gasteiger partial charge in [-0.25, -0.2) is 4.98 Å². The summed E-state index contributed by atoms with van der Waals surface area (Å²) in [4.78, 5) is 12.5. The number of nitrogens with one attached hydrogen (secondary N) is 1. The molecule has 148 valence electrons. The number of aliphatic hydroxyl groups excluding tert-OH is 1. The summed E-state index contributed by atoms with van der Waals surface area (Å²) in [5, 5.41) is 18.7. The Hall–Kier alpha value is -1.77. The smallest absolute Gasteiger partial charge is 0.146 e. The molecule has 0 amide bonds. The van der Waals surface area contributed by atoms with Crippen molar-refractivity contribution in [2.24, 2.45) is 7.05 Å². The van der Waals surface area contributed by atoms with Gasteiger partial charge in [-0.2, -0.15) is 0 Å². The first-order chi connectivity index (χ1) is 13.1. The van der Waals surface area contributed by atoms with Crippen LogP contribution in [0.4, 0.5) is 0 Å². The fourth-order valence-electron chi connectivity index (χ4n) is 4.31. The lowest BCUT2D eigenvalue weighted by atomic mass is 9.97. The van der Waals surface area contributed by atoms with Crippen molar-refractivity contribution in [2.75, 3.05) is 26.2 Å². The summed E-state index contributed by atoms with van der Waals surface area (Å²) in [5.41, 5.74) is 2.30. The number of imidazole rings is 1. The third-order valence-corrected chi connectivity index (χ3v) is 6.10. The molecule has 2 N–H and O–H groups in total. The van der Waals surface area contributed by atoms with Crippen molar-refractivity contribution < 1.29 is 5.11 Å². The molecule has 1 atom stereocenters. The first-order valence-electron chi connectivity index (χ1n) is 10.1. The number of aromatic nitrogens is 5. The van der Waals surface area contributed by atoms with Crippen molar-refractivity contribution >= 4 is 0 Å². The average molecular weight is 374 g/mol. The Kier molecular flexibility index (Phi) is 5.56. The van der Waals surface area contributed by atoms with E-state index < -0.39 is 0 Å². The molecule has 1 unspecified atom stereocenters. The van der Waals surface area contributed by atoms with Gasteiger partial charge >= 0.3 is 0 Å². The maximum absolute atomic E-state index is 9.68. The molecule has 0 aromatic carbocycles. The van der Waals surface area contributed by atoms with Crippen molar-refractivity contribution in [3.05, 3.63) is 29.4 Å². The Labute approximate surface area is 160 Å². The Morgan fingerprint density at radius 3 is 2.67 bits per heavy atom. The molecule has 0 bridgehead atoms. The van der Waals surface area contributed by atoms with Crippen molar-refractivity contribution in [1.82, 2.24) is 34.5 Å². The third kappa shape index (κ3) is 4.23. The van der Waals surface area contributed by atoms with Gasteiger partial charge in [-0.3, -0.25) is 9.80 Å². The minimum atomic E-state index is -0.136. The van der Waals surface area contributed by atoms with Gasteiger partial charge in [0.2, 0.25) is 0 Å². The van der Waals surface area contributed by atoms with E-state index in [-0.39, 0.29) is 6.10 Å². The number of hydrogen-bond acceptors (Lipinski definition) is 6. The molecule has 2 aliphatic rings. The number of aliphatic hydroxyl groups is 1. The molecule has 27 heavy (non-hydrogen) atoms. The number of likely N-dealkylation sites (tertiary alicyclic amines) is 2. The molecule has 0 aliphatic carbocycles. The highest BCUT2D eigenvalue weighted by atomic mass is 16.3. The first kappa shape index (κ1) is 18.6. The zero-order valence-corrected chi connectivity index (χ0v) is 16.4. The molecule has 2 fully saturated rings. The van der Waals surface area contributed by atoms with E-state index in [9.17, 15) is 5.11 Å². The number of aryl methyl sites for hydroxylation is 1. The topological polar surface area (TPSA) is 86.1 Å². The van der Waals surface area contributed by atoms with Gasteiger partial charge in [0, 0.05) is 44.8 Å². The number of hydrogen-bond donors (Lipinski definition) is 2. The van der Waals surface area contributed by atoms with Crippen LogP contribution in [0.2, 0.25) is 0 Å². The lowest BCUT2D eigenvalue weighted by Gasteiger charge is -2.32. The van der Waals surface area contributed by atoms with Crippen molar-refractivity contribution in [1.29, 1.82) is 0 Å². The van der Waals surface area contributed by atoms with Gasteiger partial charge in [-0.05, 0) is 39.2 Å². The van der Waals surface area contributed by atoms with Crippen LogP contribution in [0.1, 0.15) is 54.6 Å². The summed E-state index contributed by atoms with van der Waals surface area (Å²) >= 11 is 0. The van der Waals surface area contributed by atoms with E-state index in [1.807, 2.05) is 0 Å². The van der Waals surface area contributed by atoms with Crippen molar-refractivity contribution in [2.45, 2.75) is 57.7 Å². The van der Waals surface area contributed by atoms with Crippen LogP contribution in [0.5, 0.6) is 0 Å². The zero-order valence-electron chi connectivity index (χ0n) is 16.4. The molecule has 4 heterocycles. The zero-order chi connectivity index (χ0) is 18.8. The number of H-pyrrole nitrogens is 1. The second-order valence-electron chi connectivity index (χ2n) is 8.09. The molecule has 8 heteroatoms. The van der Waals surface area contributed by atoms with Crippen LogP contribution < -0.4 is 0 Å². The SMILES string of the molecule is Cc1[nH]cnc1CN1CCCC(c2nnc(CN3CCC(O)CC3)n2C)C1. The van der Waals surface area contributed by atoms with Crippen LogP contribution in [0, 0.1) is 6.92 Å². The van der Waals surface area contributed by atoms with Gasteiger partial charge in [0.05, 0.1) is 24.7 Å². The van der Waals surface area contributed by atoms with E-state index in [2.05, 4.69) is 48.5 Å².